The van der Waals surface area contributed by atoms with Crippen molar-refractivity contribution in [1.29, 1.82) is 0 Å². The van der Waals surface area contributed by atoms with Crippen LogP contribution in [0.15, 0.2) is 0 Å². The summed E-state index contributed by atoms with van der Waals surface area (Å²) in [7, 11) is 0. The summed E-state index contributed by atoms with van der Waals surface area (Å²) in [4.78, 5) is 0. The predicted octanol–water partition coefficient (Wildman–Crippen LogP) is 0.226. The summed E-state index contributed by atoms with van der Waals surface area (Å²) in [6.07, 6.45) is 1.44. The van der Waals surface area contributed by atoms with Gasteiger partial charge >= 0.3 is 0 Å². The van der Waals surface area contributed by atoms with Crippen LogP contribution in [0.4, 0.5) is 0 Å². The van der Waals surface area contributed by atoms with Gasteiger partial charge in [-0.3, -0.25) is 0 Å². The van der Waals surface area contributed by atoms with Crippen molar-refractivity contribution in [1.82, 2.24) is 0 Å². The van der Waals surface area contributed by atoms with Crippen LogP contribution < -0.4 is 5.32 Å². The van der Waals surface area contributed by atoms with Crippen LogP contribution in [-0.4, -0.2) is 13.1 Å². The highest BCUT2D eigenvalue weighted by Gasteiger charge is 2.16. The Kier molecular flexibility index (Phi) is 1.90. The Labute approximate surface area is 51.5 Å². The molecule has 1 fully saturated rings. The van der Waals surface area contributed by atoms with Crippen LogP contribution in [0.1, 0.15) is 20.3 Å². The zero-order valence-electron chi connectivity index (χ0n) is 5.85. The molecule has 1 rings (SSSR count). The highest BCUT2D eigenvalue weighted by molar-refractivity contribution is 4.59. The van der Waals surface area contributed by atoms with Crippen molar-refractivity contribution < 1.29 is 5.32 Å². The first-order valence-corrected chi connectivity index (χ1v) is 3.60. The Bertz CT molecular complexity index is 62.8. The van der Waals surface area contributed by atoms with Crippen molar-refractivity contribution in [3.05, 3.63) is 0 Å². The van der Waals surface area contributed by atoms with E-state index >= 15 is 0 Å². The van der Waals surface area contributed by atoms with Gasteiger partial charge in [-0.05, 0) is 6.42 Å². The maximum absolute atomic E-state index is 2.43. The number of nitrogens with two attached hydrogens (primary N) is 1. The molecular weight excluding hydrogens is 98.1 g/mol. The third-order valence-electron chi connectivity index (χ3n) is 1.94. The fourth-order valence-electron chi connectivity index (χ4n) is 1.54. The van der Waals surface area contributed by atoms with Crippen molar-refractivity contribution >= 4 is 0 Å². The first kappa shape index (κ1) is 6.09. The van der Waals surface area contributed by atoms with Gasteiger partial charge in [0.25, 0.3) is 0 Å². The minimum Gasteiger partial charge on any atom is -0.346 e. The normalized spacial score (nSPS) is 39.8. The average Bonchev–Trinajstić information content (AvgIpc) is 1.64. The summed E-state index contributed by atoms with van der Waals surface area (Å²) in [6, 6.07) is 0. The van der Waals surface area contributed by atoms with Crippen LogP contribution in [0, 0.1) is 11.8 Å². The van der Waals surface area contributed by atoms with Crippen LogP contribution >= 0.6 is 0 Å². The number of quaternary nitrogens is 1. The van der Waals surface area contributed by atoms with Crippen LogP contribution in [0.25, 0.3) is 0 Å². The molecule has 48 valence electrons. The molecule has 1 aliphatic rings. The molecule has 0 bridgehead atoms. The van der Waals surface area contributed by atoms with Crippen molar-refractivity contribution in [3.63, 3.8) is 0 Å². The van der Waals surface area contributed by atoms with E-state index in [1.165, 1.54) is 19.5 Å². The third kappa shape index (κ3) is 1.48. The van der Waals surface area contributed by atoms with Gasteiger partial charge in [0.1, 0.15) is 0 Å². The predicted molar refractivity (Wildman–Crippen MR) is 34.6 cm³/mol. The average molecular weight is 114 g/mol. The van der Waals surface area contributed by atoms with Gasteiger partial charge in [-0.25, -0.2) is 0 Å². The van der Waals surface area contributed by atoms with E-state index in [1.54, 1.807) is 0 Å². The van der Waals surface area contributed by atoms with Gasteiger partial charge in [-0.2, -0.15) is 0 Å². The zero-order valence-corrected chi connectivity index (χ0v) is 5.85. The minimum absolute atomic E-state index is 0.957. The monoisotopic (exact) mass is 114 g/mol. The topological polar surface area (TPSA) is 16.6 Å². The van der Waals surface area contributed by atoms with E-state index in [0.717, 1.165) is 11.8 Å². The first-order chi connectivity index (χ1) is 3.79. The second-order valence-electron chi connectivity index (χ2n) is 3.21. The lowest BCUT2D eigenvalue weighted by atomic mass is 9.94. The van der Waals surface area contributed by atoms with Gasteiger partial charge in [0.05, 0.1) is 13.1 Å². The molecule has 1 aliphatic heterocycles. The molecule has 1 nitrogen and oxygen atoms in total. The summed E-state index contributed by atoms with van der Waals surface area (Å²) < 4.78 is 0. The van der Waals surface area contributed by atoms with Crippen LogP contribution in [0.3, 0.4) is 0 Å². The van der Waals surface area contributed by atoms with E-state index in [9.17, 15) is 0 Å². The summed E-state index contributed by atoms with van der Waals surface area (Å²) >= 11 is 0. The van der Waals surface area contributed by atoms with Crippen molar-refractivity contribution in [2.45, 2.75) is 20.3 Å². The van der Waals surface area contributed by atoms with E-state index in [0.29, 0.717) is 0 Å². The smallest absolute Gasteiger partial charge is 0.0781 e. The Hall–Kier alpha value is -0.0400. The summed E-state index contributed by atoms with van der Waals surface area (Å²) in [6.45, 7) is 7.38. The fraction of sp³-hybridized carbons (Fsp3) is 1.00. The molecule has 1 heteroatoms. The molecule has 0 aliphatic carbocycles. The molecule has 1 saturated heterocycles. The van der Waals surface area contributed by atoms with E-state index in [2.05, 4.69) is 19.2 Å². The third-order valence-corrected chi connectivity index (χ3v) is 1.94. The Balaban J connectivity index is 2.23. The largest absolute Gasteiger partial charge is 0.346 e. The minimum atomic E-state index is 0.957. The van der Waals surface area contributed by atoms with Crippen molar-refractivity contribution in [2.24, 2.45) is 11.8 Å². The first-order valence-electron chi connectivity index (χ1n) is 3.60. The van der Waals surface area contributed by atoms with E-state index in [4.69, 9.17) is 0 Å². The second kappa shape index (κ2) is 2.49. The van der Waals surface area contributed by atoms with Gasteiger partial charge in [0.15, 0.2) is 0 Å². The molecule has 0 aromatic carbocycles. The van der Waals surface area contributed by atoms with E-state index in [-0.39, 0.29) is 0 Å². The molecule has 0 aromatic rings. The fourth-order valence-corrected chi connectivity index (χ4v) is 1.54. The SMILES string of the molecule is CC1C[NH2+]CC(C)C1. The van der Waals surface area contributed by atoms with Gasteiger partial charge in [0.2, 0.25) is 0 Å². The molecule has 1 heterocycles. The Morgan fingerprint density at radius 1 is 1.12 bits per heavy atom. The molecule has 2 unspecified atom stereocenters. The summed E-state index contributed by atoms with van der Waals surface area (Å²) in [5, 5.41) is 2.43. The lowest BCUT2D eigenvalue weighted by molar-refractivity contribution is -0.674. The number of hydrogen-bond donors (Lipinski definition) is 1. The highest BCUT2D eigenvalue weighted by atomic mass is 14.9. The Morgan fingerprint density at radius 3 is 1.88 bits per heavy atom. The quantitative estimate of drug-likeness (QED) is 0.464. The second-order valence-corrected chi connectivity index (χ2v) is 3.21. The van der Waals surface area contributed by atoms with Crippen LogP contribution in [-0.2, 0) is 0 Å². The van der Waals surface area contributed by atoms with Gasteiger partial charge in [-0.1, -0.05) is 13.8 Å². The van der Waals surface area contributed by atoms with Crippen LogP contribution in [0.5, 0.6) is 0 Å². The lowest BCUT2D eigenvalue weighted by Gasteiger charge is -2.21. The lowest BCUT2D eigenvalue weighted by Crippen LogP contribution is -2.88. The molecule has 0 spiro atoms. The number of piperidine rings is 1. The molecule has 8 heavy (non-hydrogen) atoms. The zero-order chi connectivity index (χ0) is 5.98. The number of hydrogen-bond acceptors (Lipinski definition) is 0. The molecular formula is C7H16N+. The highest BCUT2D eigenvalue weighted by Crippen LogP contribution is 2.10. The molecule has 2 N–H and O–H groups in total. The maximum atomic E-state index is 2.43. The molecule has 2 atom stereocenters. The van der Waals surface area contributed by atoms with Gasteiger partial charge in [-0.15, -0.1) is 0 Å². The molecule has 0 aromatic heterocycles. The standard InChI is InChI=1S/C7H15N/c1-6-3-7(2)5-8-4-6/h6-8H,3-5H2,1-2H3/p+1. The van der Waals surface area contributed by atoms with Gasteiger partial charge < -0.3 is 5.32 Å². The summed E-state index contributed by atoms with van der Waals surface area (Å²) in [5.41, 5.74) is 0. The van der Waals surface area contributed by atoms with E-state index < -0.39 is 0 Å². The Morgan fingerprint density at radius 2 is 1.62 bits per heavy atom. The van der Waals surface area contributed by atoms with Crippen LogP contribution in [0.2, 0.25) is 0 Å². The molecule has 0 radical (unpaired) electrons. The number of rotatable bonds is 0. The van der Waals surface area contributed by atoms with E-state index in [1.807, 2.05) is 0 Å². The maximum Gasteiger partial charge on any atom is 0.0781 e. The molecule has 0 saturated carbocycles. The van der Waals surface area contributed by atoms with Gasteiger partial charge in [0, 0.05) is 11.8 Å². The van der Waals surface area contributed by atoms with Crippen molar-refractivity contribution in [2.75, 3.05) is 13.1 Å². The summed E-state index contributed by atoms with van der Waals surface area (Å²) in [5.74, 6) is 1.91. The molecule has 0 amide bonds. The van der Waals surface area contributed by atoms with Crippen molar-refractivity contribution in [3.8, 4) is 0 Å².